The second kappa shape index (κ2) is 6.93. The van der Waals surface area contributed by atoms with Crippen molar-refractivity contribution in [3.63, 3.8) is 0 Å². The fraction of sp³-hybridized carbons (Fsp3) is 0.267. The van der Waals surface area contributed by atoms with E-state index in [9.17, 15) is 13.2 Å². The number of sulfonamides is 1. The second-order valence-electron chi connectivity index (χ2n) is 4.45. The van der Waals surface area contributed by atoms with Crippen LogP contribution in [-0.2, 0) is 21.2 Å². The quantitative estimate of drug-likeness (QED) is 0.820. The molecule has 0 saturated carbocycles. The number of rotatable bonds is 6. The summed E-state index contributed by atoms with van der Waals surface area (Å²) >= 11 is 1.22. The maximum absolute atomic E-state index is 12.4. The predicted molar refractivity (Wildman–Crippen MR) is 86.9 cm³/mol. The summed E-state index contributed by atoms with van der Waals surface area (Å²) in [6.07, 6.45) is 0.777. The summed E-state index contributed by atoms with van der Waals surface area (Å²) in [4.78, 5) is 12.9. The van der Waals surface area contributed by atoms with Gasteiger partial charge in [0.05, 0.1) is 17.9 Å². The van der Waals surface area contributed by atoms with Crippen molar-refractivity contribution in [2.45, 2.75) is 24.5 Å². The van der Waals surface area contributed by atoms with E-state index in [-0.39, 0.29) is 22.1 Å². The van der Waals surface area contributed by atoms with Gasteiger partial charge in [0.25, 0.3) is 10.0 Å². The van der Waals surface area contributed by atoms with Crippen LogP contribution in [0.4, 0.5) is 5.69 Å². The first kappa shape index (κ1) is 16.5. The first-order valence-electron chi connectivity index (χ1n) is 6.85. The van der Waals surface area contributed by atoms with Crippen molar-refractivity contribution in [3.05, 3.63) is 46.8 Å². The molecular formula is C15H17NO4S2. The number of anilines is 1. The Hall–Kier alpha value is -1.86. The van der Waals surface area contributed by atoms with Gasteiger partial charge in [-0.05, 0) is 37.6 Å². The lowest BCUT2D eigenvalue weighted by molar-refractivity contribution is 0.0527. The van der Waals surface area contributed by atoms with Gasteiger partial charge >= 0.3 is 5.97 Å². The number of ether oxygens (including phenoxy) is 1. The number of hydrogen-bond acceptors (Lipinski definition) is 5. The summed E-state index contributed by atoms with van der Waals surface area (Å²) in [5, 5.41) is 0. The average molecular weight is 339 g/mol. The number of para-hydroxylation sites is 1. The minimum atomic E-state index is -3.71. The number of nitrogens with one attached hydrogen (secondary N) is 1. The average Bonchev–Trinajstić information content (AvgIpc) is 2.97. The van der Waals surface area contributed by atoms with Crippen molar-refractivity contribution in [2.24, 2.45) is 0 Å². The van der Waals surface area contributed by atoms with Crippen molar-refractivity contribution in [3.8, 4) is 0 Å². The highest BCUT2D eigenvalue weighted by atomic mass is 32.2. The highest BCUT2D eigenvalue weighted by Crippen LogP contribution is 2.26. The van der Waals surface area contributed by atoms with Gasteiger partial charge in [-0.1, -0.05) is 19.1 Å². The molecule has 0 bridgehead atoms. The van der Waals surface area contributed by atoms with Gasteiger partial charge in [0.1, 0.15) is 4.21 Å². The largest absolute Gasteiger partial charge is 0.462 e. The molecule has 2 aromatic rings. The van der Waals surface area contributed by atoms with Gasteiger partial charge in [0.15, 0.2) is 0 Å². The number of hydrogen-bond donors (Lipinski definition) is 1. The molecule has 1 heterocycles. The van der Waals surface area contributed by atoms with Crippen LogP contribution in [0.3, 0.4) is 0 Å². The molecular weight excluding hydrogens is 322 g/mol. The molecule has 0 spiro atoms. The number of esters is 1. The number of aryl methyl sites for hydroxylation is 1. The maximum Gasteiger partial charge on any atom is 0.340 e. The van der Waals surface area contributed by atoms with E-state index in [4.69, 9.17) is 4.74 Å². The van der Waals surface area contributed by atoms with Gasteiger partial charge in [0, 0.05) is 4.88 Å². The Morgan fingerprint density at radius 2 is 1.91 bits per heavy atom. The van der Waals surface area contributed by atoms with Crippen molar-refractivity contribution < 1.29 is 17.9 Å². The fourth-order valence-corrected chi connectivity index (χ4v) is 4.22. The summed E-state index contributed by atoms with van der Waals surface area (Å²) in [5.41, 5.74) is 0.410. The summed E-state index contributed by atoms with van der Waals surface area (Å²) in [6, 6.07) is 9.74. The third-order valence-corrected chi connectivity index (χ3v) is 6.00. The molecule has 1 N–H and O–H groups in total. The van der Waals surface area contributed by atoms with Gasteiger partial charge in [-0.3, -0.25) is 4.72 Å². The van der Waals surface area contributed by atoms with Crippen molar-refractivity contribution >= 4 is 33.0 Å². The fourth-order valence-electron chi connectivity index (χ4n) is 1.85. The Balaban J connectivity index is 2.32. The normalized spacial score (nSPS) is 11.2. The SMILES string of the molecule is CCOC(=O)c1ccccc1NS(=O)(=O)c1ccc(CC)s1. The maximum atomic E-state index is 12.4. The van der Waals surface area contributed by atoms with Gasteiger partial charge in [0.2, 0.25) is 0 Å². The molecule has 5 nitrogen and oxygen atoms in total. The third kappa shape index (κ3) is 3.66. The lowest BCUT2D eigenvalue weighted by Gasteiger charge is -2.10. The van der Waals surface area contributed by atoms with E-state index < -0.39 is 16.0 Å². The molecule has 1 aromatic carbocycles. The molecule has 0 aliphatic rings. The van der Waals surface area contributed by atoms with Crippen LogP contribution in [0.25, 0.3) is 0 Å². The van der Waals surface area contributed by atoms with Crippen LogP contribution in [0.2, 0.25) is 0 Å². The second-order valence-corrected chi connectivity index (χ2v) is 7.52. The Morgan fingerprint density at radius 1 is 1.18 bits per heavy atom. The van der Waals surface area contributed by atoms with Crippen LogP contribution in [0.15, 0.2) is 40.6 Å². The summed E-state index contributed by atoms with van der Waals surface area (Å²) < 4.78 is 32.4. The Bertz CT molecular complexity index is 765. The number of benzene rings is 1. The minimum absolute atomic E-state index is 0.195. The van der Waals surface area contributed by atoms with E-state index in [1.54, 1.807) is 31.2 Å². The zero-order valence-electron chi connectivity index (χ0n) is 12.3. The molecule has 0 amide bonds. The Kier molecular flexibility index (Phi) is 5.20. The molecule has 7 heteroatoms. The monoisotopic (exact) mass is 339 g/mol. The van der Waals surface area contributed by atoms with Crippen LogP contribution >= 0.6 is 11.3 Å². The van der Waals surface area contributed by atoms with Crippen molar-refractivity contribution in [2.75, 3.05) is 11.3 Å². The van der Waals surface area contributed by atoms with Crippen LogP contribution in [0.5, 0.6) is 0 Å². The molecule has 118 valence electrons. The molecule has 0 aliphatic heterocycles. The standard InChI is InChI=1S/C15H17NO4S2/c1-3-11-9-10-14(21-11)22(18,19)16-13-8-6-5-7-12(13)15(17)20-4-2/h5-10,16H,3-4H2,1-2H3. The zero-order chi connectivity index (χ0) is 16.2. The Labute approximate surface area is 134 Å². The van der Waals surface area contributed by atoms with E-state index in [2.05, 4.69) is 4.72 Å². The molecule has 0 fully saturated rings. The molecule has 22 heavy (non-hydrogen) atoms. The highest BCUT2D eigenvalue weighted by molar-refractivity contribution is 7.94. The van der Waals surface area contributed by atoms with Gasteiger partial charge < -0.3 is 4.74 Å². The summed E-state index contributed by atoms with van der Waals surface area (Å²) in [7, 11) is -3.71. The van der Waals surface area contributed by atoms with Gasteiger partial charge in [-0.25, -0.2) is 13.2 Å². The minimum Gasteiger partial charge on any atom is -0.462 e. The van der Waals surface area contributed by atoms with Gasteiger partial charge in [-0.15, -0.1) is 11.3 Å². The molecule has 0 radical (unpaired) electrons. The molecule has 0 atom stereocenters. The van der Waals surface area contributed by atoms with Crippen LogP contribution in [-0.4, -0.2) is 21.0 Å². The molecule has 0 aliphatic carbocycles. The van der Waals surface area contributed by atoms with E-state index in [0.717, 1.165) is 11.3 Å². The van der Waals surface area contributed by atoms with Gasteiger partial charge in [-0.2, -0.15) is 0 Å². The van der Waals surface area contributed by atoms with Crippen LogP contribution in [0.1, 0.15) is 29.1 Å². The summed E-state index contributed by atoms with van der Waals surface area (Å²) in [5.74, 6) is -0.554. The number of thiophene rings is 1. The summed E-state index contributed by atoms with van der Waals surface area (Å²) in [6.45, 7) is 3.89. The molecule has 1 aromatic heterocycles. The first-order valence-corrected chi connectivity index (χ1v) is 9.15. The Morgan fingerprint density at radius 3 is 2.55 bits per heavy atom. The number of carbonyl (C=O) groups is 1. The molecule has 0 saturated heterocycles. The lowest BCUT2D eigenvalue weighted by atomic mass is 10.2. The van der Waals surface area contributed by atoms with Crippen molar-refractivity contribution in [1.82, 2.24) is 0 Å². The van der Waals surface area contributed by atoms with Crippen LogP contribution in [0, 0.1) is 0 Å². The topological polar surface area (TPSA) is 72.5 Å². The van der Waals surface area contributed by atoms with Crippen molar-refractivity contribution in [1.29, 1.82) is 0 Å². The van der Waals surface area contributed by atoms with E-state index in [0.29, 0.717) is 0 Å². The van der Waals surface area contributed by atoms with E-state index in [1.807, 2.05) is 6.92 Å². The highest BCUT2D eigenvalue weighted by Gasteiger charge is 2.20. The lowest BCUT2D eigenvalue weighted by Crippen LogP contribution is -2.15. The first-order chi connectivity index (χ1) is 10.5. The van der Waals surface area contributed by atoms with Crippen LogP contribution < -0.4 is 4.72 Å². The smallest absolute Gasteiger partial charge is 0.340 e. The molecule has 2 rings (SSSR count). The van der Waals surface area contributed by atoms with E-state index in [1.165, 1.54) is 23.5 Å². The third-order valence-electron chi connectivity index (χ3n) is 2.92. The van der Waals surface area contributed by atoms with E-state index >= 15 is 0 Å². The zero-order valence-corrected chi connectivity index (χ0v) is 14.0. The molecule has 0 unspecified atom stereocenters. The number of carbonyl (C=O) groups excluding carboxylic acids is 1. The predicted octanol–water partition coefficient (Wildman–Crippen LogP) is 3.29.